The summed E-state index contributed by atoms with van der Waals surface area (Å²) in [5.74, 6) is 0.109. The maximum atomic E-state index is 12.5. The fourth-order valence-electron chi connectivity index (χ4n) is 2.81. The zero-order valence-electron chi connectivity index (χ0n) is 17.3. The molecular weight excluding hydrogens is 410 g/mol. The summed E-state index contributed by atoms with van der Waals surface area (Å²) in [7, 11) is -3.85. The lowest BCUT2D eigenvalue weighted by Crippen LogP contribution is -2.45. The molecule has 162 valence electrons. The van der Waals surface area contributed by atoms with Crippen molar-refractivity contribution in [1.82, 2.24) is 5.32 Å². The predicted molar refractivity (Wildman–Crippen MR) is 114 cm³/mol. The van der Waals surface area contributed by atoms with E-state index in [1.54, 1.807) is 6.92 Å². The van der Waals surface area contributed by atoms with E-state index < -0.39 is 27.4 Å². The van der Waals surface area contributed by atoms with Crippen molar-refractivity contribution in [3.8, 4) is 5.75 Å². The van der Waals surface area contributed by atoms with Gasteiger partial charge in [-0.3, -0.25) is 19.2 Å². The number of aryl methyl sites for hydroxylation is 1. The van der Waals surface area contributed by atoms with Crippen LogP contribution in [0.25, 0.3) is 0 Å². The van der Waals surface area contributed by atoms with Crippen LogP contribution in [0.4, 0.5) is 11.4 Å². The van der Waals surface area contributed by atoms with Gasteiger partial charge in [0.1, 0.15) is 18.9 Å². The van der Waals surface area contributed by atoms with Gasteiger partial charge in [-0.2, -0.15) is 0 Å². The third-order valence-corrected chi connectivity index (χ3v) is 5.48. The van der Waals surface area contributed by atoms with E-state index in [1.165, 1.54) is 25.1 Å². The minimum Gasteiger partial charge on any atom is -0.491 e. The van der Waals surface area contributed by atoms with Crippen molar-refractivity contribution in [2.24, 2.45) is 0 Å². The summed E-state index contributed by atoms with van der Waals surface area (Å²) < 4.78 is 31.0. The number of amides is 1. The lowest BCUT2D eigenvalue weighted by atomic mass is 10.1. The topological polar surface area (TPSA) is 119 Å². The van der Waals surface area contributed by atoms with Gasteiger partial charge in [-0.15, -0.1) is 0 Å². The number of hydrogen-bond acceptors (Lipinski definition) is 6. The van der Waals surface area contributed by atoms with Crippen molar-refractivity contribution < 1.29 is 22.9 Å². The van der Waals surface area contributed by atoms with E-state index in [0.29, 0.717) is 5.75 Å². The Balaban J connectivity index is 2.08. The molecule has 0 fully saturated rings. The molecule has 1 atom stereocenters. The summed E-state index contributed by atoms with van der Waals surface area (Å²) in [6, 6.07) is 11.2. The van der Waals surface area contributed by atoms with Crippen LogP contribution in [0.2, 0.25) is 0 Å². The second-order valence-electron chi connectivity index (χ2n) is 7.04. The fraction of sp³-hybridized carbons (Fsp3) is 0.350. The van der Waals surface area contributed by atoms with E-state index in [-0.39, 0.29) is 29.6 Å². The van der Waals surface area contributed by atoms with E-state index in [1.807, 2.05) is 31.2 Å². The second kappa shape index (κ2) is 9.57. The number of rotatable bonds is 9. The Hall–Kier alpha value is -3.14. The Morgan fingerprint density at radius 3 is 2.40 bits per heavy atom. The third kappa shape index (κ3) is 6.18. The summed E-state index contributed by atoms with van der Waals surface area (Å²) in [5, 5.41) is 13.9. The maximum Gasteiger partial charge on any atom is 0.274 e. The molecular formula is C20H25N3O6S. The lowest BCUT2D eigenvalue weighted by Gasteiger charge is -2.24. The van der Waals surface area contributed by atoms with E-state index in [2.05, 4.69) is 5.32 Å². The average molecular weight is 436 g/mol. The number of carbonyl (C=O) groups is 1. The normalized spacial score (nSPS) is 12.1. The van der Waals surface area contributed by atoms with E-state index >= 15 is 0 Å². The number of ether oxygens (including phenoxy) is 1. The standard InChI is InChI=1S/C20H25N3O6S/c1-14-8-10-17(11-9-14)29-13-15(2)21-20(24)12-22(30(4,27)28)18-6-5-7-19(16(18)3)23(25)26/h5-11,15H,12-13H2,1-4H3,(H,21,24)/t15-/m0/s1. The second-order valence-corrected chi connectivity index (χ2v) is 8.95. The predicted octanol–water partition coefficient (Wildman–Crippen LogP) is 2.56. The van der Waals surface area contributed by atoms with E-state index in [9.17, 15) is 23.3 Å². The molecule has 0 saturated heterocycles. The Labute approximate surface area is 175 Å². The van der Waals surface area contributed by atoms with Gasteiger partial charge in [-0.1, -0.05) is 23.8 Å². The number of carbonyl (C=O) groups excluding carboxylic acids is 1. The van der Waals surface area contributed by atoms with Crippen LogP contribution in [0.5, 0.6) is 5.75 Å². The van der Waals surface area contributed by atoms with Gasteiger partial charge in [0.2, 0.25) is 15.9 Å². The van der Waals surface area contributed by atoms with E-state index in [4.69, 9.17) is 4.74 Å². The molecule has 2 rings (SSSR count). The maximum absolute atomic E-state index is 12.5. The number of sulfonamides is 1. The quantitative estimate of drug-likeness (QED) is 0.478. The smallest absolute Gasteiger partial charge is 0.274 e. The van der Waals surface area contributed by atoms with Crippen LogP contribution >= 0.6 is 0 Å². The summed E-state index contributed by atoms with van der Waals surface area (Å²) in [4.78, 5) is 23.0. The molecule has 0 bridgehead atoms. The summed E-state index contributed by atoms with van der Waals surface area (Å²) in [6.45, 7) is 4.83. The molecule has 2 aromatic carbocycles. The number of benzene rings is 2. The number of hydrogen-bond donors (Lipinski definition) is 1. The zero-order valence-corrected chi connectivity index (χ0v) is 18.1. The van der Waals surface area contributed by atoms with Gasteiger partial charge in [0, 0.05) is 6.07 Å². The molecule has 0 saturated carbocycles. The van der Waals surface area contributed by atoms with Crippen LogP contribution in [0.1, 0.15) is 18.1 Å². The first kappa shape index (κ1) is 23.1. The van der Waals surface area contributed by atoms with Gasteiger partial charge in [0.25, 0.3) is 5.69 Å². The van der Waals surface area contributed by atoms with E-state index in [0.717, 1.165) is 16.1 Å². The number of nitro benzene ring substituents is 1. The molecule has 0 spiro atoms. The Morgan fingerprint density at radius 1 is 1.20 bits per heavy atom. The zero-order chi connectivity index (χ0) is 22.5. The average Bonchev–Trinajstić information content (AvgIpc) is 2.65. The highest BCUT2D eigenvalue weighted by atomic mass is 32.2. The van der Waals surface area contributed by atoms with Gasteiger partial charge in [-0.25, -0.2) is 8.42 Å². The number of nitrogens with zero attached hydrogens (tertiary/aromatic N) is 2. The van der Waals surface area contributed by atoms with Crippen molar-refractivity contribution in [3.05, 3.63) is 63.7 Å². The third-order valence-electron chi connectivity index (χ3n) is 4.36. The minimum absolute atomic E-state index is 0.0883. The van der Waals surface area contributed by atoms with Crippen molar-refractivity contribution in [1.29, 1.82) is 0 Å². The largest absolute Gasteiger partial charge is 0.491 e. The van der Waals surface area contributed by atoms with Crippen LogP contribution in [0.3, 0.4) is 0 Å². The molecule has 0 aromatic heterocycles. The molecule has 0 aliphatic heterocycles. The van der Waals surface area contributed by atoms with Gasteiger partial charge in [0.15, 0.2) is 0 Å². The molecule has 10 heteroatoms. The van der Waals surface area contributed by atoms with Crippen molar-refractivity contribution in [3.63, 3.8) is 0 Å². The monoisotopic (exact) mass is 435 g/mol. The highest BCUT2D eigenvalue weighted by Crippen LogP contribution is 2.29. The minimum atomic E-state index is -3.85. The van der Waals surface area contributed by atoms with Crippen LogP contribution in [-0.4, -0.2) is 44.7 Å². The number of anilines is 1. The molecule has 0 heterocycles. The van der Waals surface area contributed by atoms with Gasteiger partial charge >= 0.3 is 0 Å². The van der Waals surface area contributed by atoms with Crippen LogP contribution < -0.4 is 14.4 Å². The molecule has 1 amide bonds. The summed E-state index contributed by atoms with van der Waals surface area (Å²) in [6.07, 6.45) is 0.947. The van der Waals surface area contributed by atoms with Crippen molar-refractivity contribution >= 4 is 27.3 Å². The lowest BCUT2D eigenvalue weighted by molar-refractivity contribution is -0.385. The molecule has 1 N–H and O–H groups in total. The first-order valence-corrected chi connectivity index (χ1v) is 11.0. The van der Waals surface area contributed by atoms with Crippen molar-refractivity contribution in [2.45, 2.75) is 26.8 Å². The molecule has 0 aliphatic carbocycles. The molecule has 0 aliphatic rings. The Morgan fingerprint density at radius 2 is 1.83 bits per heavy atom. The molecule has 0 unspecified atom stereocenters. The Kier molecular flexibility index (Phi) is 7.38. The first-order valence-electron chi connectivity index (χ1n) is 9.19. The van der Waals surface area contributed by atoms with Crippen LogP contribution in [0.15, 0.2) is 42.5 Å². The molecule has 2 aromatic rings. The SMILES string of the molecule is Cc1ccc(OC[C@H](C)NC(=O)CN(c2cccc([N+](=O)[O-])c2C)S(C)(=O)=O)cc1. The van der Waals surface area contributed by atoms with Crippen LogP contribution in [-0.2, 0) is 14.8 Å². The van der Waals surface area contributed by atoms with Crippen molar-refractivity contribution in [2.75, 3.05) is 23.7 Å². The number of nitro groups is 1. The fourth-order valence-corrected chi connectivity index (χ4v) is 3.72. The van der Waals surface area contributed by atoms with Gasteiger partial charge < -0.3 is 10.1 Å². The Bertz CT molecular complexity index is 1020. The van der Waals surface area contributed by atoms with Gasteiger partial charge in [0.05, 0.1) is 28.5 Å². The molecule has 30 heavy (non-hydrogen) atoms. The highest BCUT2D eigenvalue weighted by Gasteiger charge is 2.26. The number of nitrogens with one attached hydrogen (secondary N) is 1. The summed E-state index contributed by atoms with van der Waals surface area (Å²) in [5.41, 5.74) is 1.13. The first-order chi connectivity index (χ1) is 14.0. The highest BCUT2D eigenvalue weighted by molar-refractivity contribution is 7.92. The summed E-state index contributed by atoms with van der Waals surface area (Å²) >= 11 is 0. The molecule has 0 radical (unpaired) electrons. The van der Waals surface area contributed by atoms with Crippen LogP contribution in [0, 0.1) is 24.0 Å². The van der Waals surface area contributed by atoms with Gasteiger partial charge in [-0.05, 0) is 39.0 Å². The molecule has 9 nitrogen and oxygen atoms in total.